The maximum Gasteiger partial charge on any atom is 0.142 e. The van der Waals surface area contributed by atoms with Gasteiger partial charge in [0, 0.05) is 11.3 Å². The lowest BCUT2D eigenvalue weighted by molar-refractivity contribution is 0.415. The molecule has 4 nitrogen and oxygen atoms in total. The van der Waals surface area contributed by atoms with E-state index in [-0.39, 0.29) is 0 Å². The Kier molecular flexibility index (Phi) is 5.00. The van der Waals surface area contributed by atoms with Crippen LogP contribution in [-0.2, 0) is 12.8 Å². The van der Waals surface area contributed by atoms with Gasteiger partial charge in [-0.15, -0.1) is 0 Å². The van der Waals surface area contributed by atoms with Crippen LogP contribution in [0.1, 0.15) is 37.1 Å². The number of nitrogen functional groups attached to an aromatic ring is 1. The third-order valence-electron chi connectivity index (χ3n) is 3.74. The largest absolute Gasteiger partial charge is 0.497 e. The average molecular weight is 295 g/mol. The molecule has 1 aromatic carbocycles. The van der Waals surface area contributed by atoms with Crippen LogP contribution in [0, 0.1) is 11.3 Å². The average Bonchev–Trinajstić information content (AvgIpc) is 2.54. The molecule has 2 N–H and O–H groups in total. The fraction of sp³-hybridized carbons (Fsp3) is 0.333. The Morgan fingerprint density at radius 3 is 2.41 bits per heavy atom. The zero-order valence-corrected chi connectivity index (χ0v) is 13.3. The van der Waals surface area contributed by atoms with Gasteiger partial charge in [-0.1, -0.05) is 32.4 Å². The Hall–Kier alpha value is -2.54. The summed E-state index contributed by atoms with van der Waals surface area (Å²) in [4.78, 5) is 4.45. The van der Waals surface area contributed by atoms with Crippen LogP contribution in [0.25, 0.3) is 11.1 Å². The van der Waals surface area contributed by atoms with Crippen LogP contribution >= 0.6 is 0 Å². The van der Waals surface area contributed by atoms with Crippen LogP contribution < -0.4 is 10.5 Å². The number of nitrogens with zero attached hydrogens (tertiary/aromatic N) is 2. The van der Waals surface area contributed by atoms with Crippen LogP contribution in [0.2, 0.25) is 0 Å². The van der Waals surface area contributed by atoms with Gasteiger partial charge in [0.2, 0.25) is 0 Å². The molecule has 0 saturated carbocycles. The Morgan fingerprint density at radius 2 is 1.91 bits per heavy atom. The fourth-order valence-electron chi connectivity index (χ4n) is 2.71. The SMILES string of the molecule is CCCc1nc(N)c(C#N)c(-c2ccc(OC)cc2)c1CC. The van der Waals surface area contributed by atoms with Gasteiger partial charge in [-0.2, -0.15) is 5.26 Å². The van der Waals surface area contributed by atoms with Crippen LogP contribution in [0.3, 0.4) is 0 Å². The summed E-state index contributed by atoms with van der Waals surface area (Å²) in [7, 11) is 1.64. The van der Waals surface area contributed by atoms with Gasteiger partial charge in [0.15, 0.2) is 0 Å². The monoisotopic (exact) mass is 295 g/mol. The predicted molar refractivity (Wildman–Crippen MR) is 88.7 cm³/mol. The molecule has 2 rings (SSSR count). The van der Waals surface area contributed by atoms with Gasteiger partial charge in [0.1, 0.15) is 23.2 Å². The molecule has 1 heterocycles. The van der Waals surface area contributed by atoms with E-state index in [1.807, 2.05) is 24.3 Å². The maximum atomic E-state index is 9.51. The lowest BCUT2D eigenvalue weighted by atomic mass is 9.91. The fourth-order valence-corrected chi connectivity index (χ4v) is 2.71. The molecule has 0 amide bonds. The van der Waals surface area contributed by atoms with Crippen molar-refractivity contribution in [2.45, 2.75) is 33.1 Å². The second-order valence-corrected chi connectivity index (χ2v) is 5.12. The van der Waals surface area contributed by atoms with Gasteiger partial charge in [-0.3, -0.25) is 0 Å². The van der Waals surface area contributed by atoms with E-state index < -0.39 is 0 Å². The number of rotatable bonds is 5. The van der Waals surface area contributed by atoms with Crippen LogP contribution in [0.5, 0.6) is 5.75 Å². The van der Waals surface area contributed by atoms with Gasteiger partial charge < -0.3 is 10.5 Å². The minimum atomic E-state index is 0.314. The zero-order chi connectivity index (χ0) is 16.1. The number of anilines is 1. The molecule has 2 aromatic rings. The van der Waals surface area contributed by atoms with Crippen molar-refractivity contribution >= 4 is 5.82 Å². The van der Waals surface area contributed by atoms with Gasteiger partial charge in [-0.25, -0.2) is 4.98 Å². The molecule has 0 aliphatic rings. The number of nitriles is 1. The predicted octanol–water partition coefficient (Wildman–Crippen LogP) is 3.73. The van der Waals surface area contributed by atoms with Crippen molar-refractivity contribution in [3.8, 4) is 22.9 Å². The molecule has 0 fully saturated rings. The summed E-state index contributed by atoms with van der Waals surface area (Å²) in [6.45, 7) is 4.20. The number of nitrogens with two attached hydrogens (primary N) is 1. The van der Waals surface area contributed by atoms with E-state index in [9.17, 15) is 5.26 Å². The summed E-state index contributed by atoms with van der Waals surface area (Å²) in [5.41, 5.74) is 10.5. The number of benzene rings is 1. The molecule has 0 atom stereocenters. The van der Waals surface area contributed by atoms with E-state index >= 15 is 0 Å². The van der Waals surface area contributed by atoms with E-state index in [4.69, 9.17) is 10.5 Å². The number of pyridine rings is 1. The highest BCUT2D eigenvalue weighted by Gasteiger charge is 2.18. The first-order chi connectivity index (χ1) is 10.7. The zero-order valence-electron chi connectivity index (χ0n) is 13.3. The Morgan fingerprint density at radius 1 is 1.23 bits per heavy atom. The molecule has 0 bridgehead atoms. The summed E-state index contributed by atoms with van der Waals surface area (Å²) in [6, 6.07) is 9.93. The third kappa shape index (κ3) is 2.89. The van der Waals surface area contributed by atoms with Crippen LogP contribution in [-0.4, -0.2) is 12.1 Å². The van der Waals surface area contributed by atoms with E-state index in [1.165, 1.54) is 0 Å². The molecule has 0 aliphatic carbocycles. The second kappa shape index (κ2) is 6.95. The smallest absolute Gasteiger partial charge is 0.142 e. The Bertz CT molecular complexity index is 700. The second-order valence-electron chi connectivity index (χ2n) is 5.12. The van der Waals surface area contributed by atoms with Gasteiger partial charge >= 0.3 is 0 Å². The first kappa shape index (κ1) is 15.8. The summed E-state index contributed by atoms with van der Waals surface area (Å²) in [5.74, 6) is 1.10. The number of aryl methyl sites for hydroxylation is 1. The highest BCUT2D eigenvalue weighted by Crippen LogP contribution is 2.33. The molecule has 0 aliphatic heterocycles. The molecule has 114 valence electrons. The first-order valence-electron chi connectivity index (χ1n) is 7.51. The standard InChI is InChI=1S/C18H21N3O/c1-4-6-16-14(5-2)17(15(11-19)18(20)21-16)12-7-9-13(22-3)10-8-12/h7-10H,4-6H2,1-3H3,(H2,20,21). The van der Waals surface area contributed by atoms with Crippen molar-refractivity contribution in [2.75, 3.05) is 12.8 Å². The third-order valence-corrected chi connectivity index (χ3v) is 3.74. The Labute approximate surface area is 131 Å². The Balaban J connectivity index is 2.72. The molecule has 4 heteroatoms. The van der Waals surface area contributed by atoms with Crippen molar-refractivity contribution in [3.05, 3.63) is 41.1 Å². The van der Waals surface area contributed by atoms with Gasteiger partial charge in [0.05, 0.1) is 7.11 Å². The van der Waals surface area contributed by atoms with Crippen molar-refractivity contribution in [2.24, 2.45) is 0 Å². The maximum absolute atomic E-state index is 9.51. The molecule has 0 saturated heterocycles. The molecular weight excluding hydrogens is 274 g/mol. The van der Waals surface area contributed by atoms with Gasteiger partial charge in [0.25, 0.3) is 0 Å². The summed E-state index contributed by atoms with van der Waals surface area (Å²) < 4.78 is 5.20. The molecular formula is C18H21N3O. The molecule has 0 spiro atoms. The minimum absolute atomic E-state index is 0.314. The molecule has 0 unspecified atom stereocenters. The number of methoxy groups -OCH3 is 1. The summed E-state index contributed by atoms with van der Waals surface area (Å²) in [6.07, 6.45) is 2.67. The van der Waals surface area contributed by atoms with E-state index in [0.29, 0.717) is 11.4 Å². The van der Waals surface area contributed by atoms with E-state index in [0.717, 1.165) is 47.4 Å². The number of aromatic nitrogens is 1. The number of hydrogen-bond acceptors (Lipinski definition) is 4. The van der Waals surface area contributed by atoms with Crippen LogP contribution in [0.4, 0.5) is 5.82 Å². The number of ether oxygens (including phenoxy) is 1. The van der Waals surface area contributed by atoms with Crippen molar-refractivity contribution in [1.82, 2.24) is 4.98 Å². The summed E-state index contributed by atoms with van der Waals surface area (Å²) in [5, 5.41) is 9.51. The number of hydrogen-bond donors (Lipinski definition) is 1. The summed E-state index contributed by atoms with van der Waals surface area (Å²) >= 11 is 0. The molecule has 1 aromatic heterocycles. The molecule has 22 heavy (non-hydrogen) atoms. The van der Waals surface area contributed by atoms with Crippen molar-refractivity contribution in [1.29, 1.82) is 5.26 Å². The lowest BCUT2D eigenvalue weighted by Crippen LogP contribution is -2.07. The highest BCUT2D eigenvalue weighted by atomic mass is 16.5. The van der Waals surface area contributed by atoms with E-state index in [1.54, 1.807) is 7.11 Å². The quantitative estimate of drug-likeness (QED) is 0.912. The first-order valence-corrected chi connectivity index (χ1v) is 7.51. The molecule has 0 radical (unpaired) electrons. The topological polar surface area (TPSA) is 71.9 Å². The van der Waals surface area contributed by atoms with Crippen molar-refractivity contribution in [3.63, 3.8) is 0 Å². The normalized spacial score (nSPS) is 10.3. The highest BCUT2D eigenvalue weighted by molar-refractivity contribution is 5.79. The minimum Gasteiger partial charge on any atom is -0.497 e. The van der Waals surface area contributed by atoms with Crippen LogP contribution in [0.15, 0.2) is 24.3 Å². The van der Waals surface area contributed by atoms with Crippen molar-refractivity contribution < 1.29 is 4.74 Å². The van der Waals surface area contributed by atoms with Gasteiger partial charge in [-0.05, 0) is 36.1 Å². The van der Waals surface area contributed by atoms with E-state index in [2.05, 4.69) is 24.9 Å². The lowest BCUT2D eigenvalue weighted by Gasteiger charge is -2.16.